The Labute approximate surface area is 321 Å². The maximum absolute atomic E-state index is 14.3. The molecule has 2 atom stereocenters. The standard InChI is InChI=1S/C45H45FN4O.Pt/c1-8-28(3)21-40-31(6)30(5)32(7)41(22-29(4)9-2)45(40)33-26-48-49(27-33)35-13-12-14-36(24-35)51-37-17-18-39-38-15-10-11-16-42(38)50(43(39)25-37)44-23-34(46)19-20-47-44;/h10-20,23,26-29H,8-9,21-22H2,1-7H3;/q-2;+2. The van der Waals surface area contributed by atoms with E-state index >= 15 is 0 Å². The Balaban J connectivity index is 0.00000464. The number of aromatic nitrogens is 4. The van der Waals surface area contributed by atoms with Gasteiger partial charge in [0.25, 0.3) is 0 Å². The van der Waals surface area contributed by atoms with Crippen LogP contribution in [-0.4, -0.2) is 19.3 Å². The van der Waals surface area contributed by atoms with Gasteiger partial charge in [-0.2, -0.15) is 17.2 Å². The number of pyridine rings is 1. The second kappa shape index (κ2) is 15.6. The van der Waals surface area contributed by atoms with Crippen molar-refractivity contribution in [1.82, 2.24) is 19.3 Å². The van der Waals surface area contributed by atoms with Crippen LogP contribution in [0.15, 0.2) is 85.3 Å². The van der Waals surface area contributed by atoms with Gasteiger partial charge < -0.3 is 9.30 Å². The predicted molar refractivity (Wildman–Crippen MR) is 206 cm³/mol. The molecule has 52 heavy (non-hydrogen) atoms. The zero-order chi connectivity index (χ0) is 35.8. The third-order valence-electron chi connectivity index (χ3n) is 10.7. The van der Waals surface area contributed by atoms with Crippen LogP contribution in [0.1, 0.15) is 68.4 Å². The van der Waals surface area contributed by atoms with Gasteiger partial charge in [0.05, 0.1) is 6.20 Å². The largest absolute Gasteiger partial charge is 2.00 e. The number of fused-ring (bicyclic) bond motifs is 3. The molecule has 0 fully saturated rings. The first-order valence-electron chi connectivity index (χ1n) is 18.1. The topological polar surface area (TPSA) is 44.9 Å². The molecule has 0 aliphatic rings. The maximum atomic E-state index is 14.3. The van der Waals surface area contributed by atoms with E-state index in [2.05, 4.69) is 77.8 Å². The van der Waals surface area contributed by atoms with E-state index in [0.717, 1.165) is 58.7 Å². The summed E-state index contributed by atoms with van der Waals surface area (Å²) < 4.78 is 24.5. The van der Waals surface area contributed by atoms with Crippen LogP contribution in [0.2, 0.25) is 0 Å². The summed E-state index contributed by atoms with van der Waals surface area (Å²) in [6.07, 6.45) is 9.99. The fraction of sp³-hybridized carbons (Fsp3) is 0.289. The van der Waals surface area contributed by atoms with Crippen molar-refractivity contribution in [1.29, 1.82) is 0 Å². The fourth-order valence-corrected chi connectivity index (χ4v) is 7.15. The van der Waals surface area contributed by atoms with Crippen LogP contribution in [0, 0.1) is 50.6 Å². The first-order valence-corrected chi connectivity index (χ1v) is 18.1. The van der Waals surface area contributed by atoms with Crippen molar-refractivity contribution in [3.05, 3.63) is 131 Å². The molecular formula is C45H45FN4OPt. The third kappa shape index (κ3) is 7.10. The quantitative estimate of drug-likeness (QED) is 0.122. The Bertz CT molecular complexity index is 2330. The van der Waals surface area contributed by atoms with Gasteiger partial charge in [-0.15, -0.1) is 35.7 Å². The van der Waals surface area contributed by atoms with E-state index in [4.69, 9.17) is 9.84 Å². The SMILES string of the molecule is CCC(C)Cc1c(C)c(C)c(C)c(CC(C)CC)c1-c1cnn(-c2[c-]c(Oc3[c-]c4c(cc3)c3ccccc3n4-c3cc(F)ccn3)ccc2)c1.[Pt+2]. The van der Waals surface area contributed by atoms with Gasteiger partial charge in [-0.05, 0) is 102 Å². The van der Waals surface area contributed by atoms with Crippen LogP contribution >= 0.6 is 0 Å². The number of halogens is 1. The van der Waals surface area contributed by atoms with E-state index < -0.39 is 0 Å². The summed E-state index contributed by atoms with van der Waals surface area (Å²) >= 11 is 0. The van der Waals surface area contributed by atoms with Crippen LogP contribution < -0.4 is 4.74 Å². The Morgan fingerprint density at radius 1 is 0.788 bits per heavy atom. The van der Waals surface area contributed by atoms with Crippen molar-refractivity contribution in [2.24, 2.45) is 11.8 Å². The molecule has 0 aliphatic carbocycles. The minimum absolute atomic E-state index is 0. The molecule has 0 bridgehead atoms. The van der Waals surface area contributed by atoms with E-state index in [1.165, 1.54) is 51.7 Å². The van der Waals surface area contributed by atoms with Crippen molar-refractivity contribution in [3.63, 3.8) is 0 Å². The molecule has 7 aromatic rings. The van der Waals surface area contributed by atoms with Gasteiger partial charge in [0.1, 0.15) is 11.6 Å². The van der Waals surface area contributed by atoms with Crippen LogP contribution in [0.3, 0.4) is 0 Å². The molecule has 0 N–H and O–H groups in total. The molecule has 3 aromatic heterocycles. The molecule has 5 nitrogen and oxygen atoms in total. The maximum Gasteiger partial charge on any atom is 2.00 e. The van der Waals surface area contributed by atoms with Gasteiger partial charge in [-0.1, -0.05) is 64.3 Å². The molecule has 0 amide bonds. The molecule has 2 unspecified atom stereocenters. The van der Waals surface area contributed by atoms with Gasteiger partial charge in [0.2, 0.25) is 0 Å². The first kappa shape index (κ1) is 37.2. The molecule has 7 heteroatoms. The molecule has 268 valence electrons. The molecule has 0 saturated heterocycles. The van der Waals surface area contributed by atoms with Gasteiger partial charge >= 0.3 is 21.1 Å². The van der Waals surface area contributed by atoms with E-state index in [0.29, 0.717) is 29.2 Å². The van der Waals surface area contributed by atoms with Crippen molar-refractivity contribution >= 4 is 21.8 Å². The van der Waals surface area contributed by atoms with Crippen molar-refractivity contribution < 1.29 is 30.2 Å². The minimum Gasteiger partial charge on any atom is -0.509 e. The second-order valence-corrected chi connectivity index (χ2v) is 14.1. The number of ether oxygens (including phenoxy) is 1. The van der Waals surface area contributed by atoms with Crippen molar-refractivity contribution in [2.45, 2.75) is 74.1 Å². The Kier molecular flexibility index (Phi) is 11.2. The van der Waals surface area contributed by atoms with Crippen LogP contribution in [0.4, 0.5) is 4.39 Å². The van der Waals surface area contributed by atoms with Gasteiger partial charge in [0, 0.05) is 41.0 Å². The van der Waals surface area contributed by atoms with Crippen molar-refractivity contribution in [3.8, 4) is 34.1 Å². The minimum atomic E-state index is -0.349. The molecule has 0 saturated carbocycles. The second-order valence-electron chi connectivity index (χ2n) is 14.1. The zero-order valence-electron chi connectivity index (χ0n) is 31.0. The summed E-state index contributed by atoms with van der Waals surface area (Å²) in [5, 5.41) is 6.88. The Morgan fingerprint density at radius 2 is 1.48 bits per heavy atom. The summed E-state index contributed by atoms with van der Waals surface area (Å²) in [4.78, 5) is 4.47. The number of hydrogen-bond donors (Lipinski definition) is 0. The fourth-order valence-electron chi connectivity index (χ4n) is 7.15. The third-order valence-corrected chi connectivity index (χ3v) is 10.7. The number of nitrogens with zero attached hydrogens (tertiary/aromatic N) is 4. The molecule has 4 aromatic carbocycles. The molecule has 7 rings (SSSR count). The smallest absolute Gasteiger partial charge is 0.509 e. The van der Waals surface area contributed by atoms with E-state index in [1.54, 1.807) is 0 Å². The molecule has 0 spiro atoms. The predicted octanol–water partition coefficient (Wildman–Crippen LogP) is 11.7. The van der Waals surface area contributed by atoms with Crippen LogP contribution in [-0.2, 0) is 33.9 Å². The first-order chi connectivity index (χ1) is 24.7. The van der Waals surface area contributed by atoms with E-state index in [-0.39, 0.29) is 26.9 Å². The van der Waals surface area contributed by atoms with Gasteiger partial charge in [-0.3, -0.25) is 4.68 Å². The molecule has 0 aliphatic heterocycles. The monoisotopic (exact) mass is 871 g/mol. The molecular weight excluding hydrogens is 827 g/mol. The summed E-state index contributed by atoms with van der Waals surface area (Å²) in [6.45, 7) is 16.1. The van der Waals surface area contributed by atoms with Crippen molar-refractivity contribution in [2.75, 3.05) is 0 Å². The zero-order valence-corrected chi connectivity index (χ0v) is 33.2. The summed E-state index contributed by atoms with van der Waals surface area (Å²) in [5.41, 5.74) is 12.0. The number of hydrogen-bond acceptors (Lipinski definition) is 3. The summed E-state index contributed by atoms with van der Waals surface area (Å²) in [5.74, 6) is 2.37. The normalized spacial score (nSPS) is 12.6. The number of benzene rings is 4. The van der Waals surface area contributed by atoms with Gasteiger partial charge in [0.15, 0.2) is 0 Å². The molecule has 0 radical (unpaired) electrons. The Morgan fingerprint density at radius 3 is 2.17 bits per heavy atom. The number of rotatable bonds is 11. The Hall–Kier alpha value is -4.54. The molecule has 3 heterocycles. The summed E-state index contributed by atoms with van der Waals surface area (Å²) in [7, 11) is 0. The summed E-state index contributed by atoms with van der Waals surface area (Å²) in [6, 6.07) is 27.4. The van der Waals surface area contributed by atoms with Crippen LogP contribution in [0.25, 0.3) is 44.4 Å². The van der Waals surface area contributed by atoms with Crippen LogP contribution in [0.5, 0.6) is 11.5 Å². The van der Waals surface area contributed by atoms with E-state index in [9.17, 15) is 4.39 Å². The average molecular weight is 872 g/mol. The average Bonchev–Trinajstić information content (AvgIpc) is 3.76. The van der Waals surface area contributed by atoms with E-state index in [1.807, 2.05) is 64.0 Å². The number of para-hydroxylation sites is 1. The van der Waals surface area contributed by atoms with Gasteiger partial charge in [-0.25, -0.2) is 9.37 Å².